The second-order valence-electron chi connectivity index (χ2n) is 13.4. The molecule has 7 nitrogen and oxygen atoms in total. The largest absolute Gasteiger partial charge is 0.457 e. The summed E-state index contributed by atoms with van der Waals surface area (Å²) >= 11 is 0. The average Bonchev–Trinajstić information content (AvgIpc) is 3.78. The van der Waals surface area contributed by atoms with Crippen molar-refractivity contribution in [3.63, 3.8) is 0 Å². The molecule has 0 aliphatic carbocycles. The predicted molar refractivity (Wildman–Crippen MR) is 203 cm³/mol. The lowest BCUT2D eigenvalue weighted by Gasteiger charge is -2.14. The summed E-state index contributed by atoms with van der Waals surface area (Å²) in [7, 11) is 0. The molecule has 0 saturated heterocycles. The SMILES string of the molecule is Cc1nnn(-c2cccc(Oc3ccc4c5ccccc5n(-c5cc(-n6c7c(C)ccc(C)c7c7c(C)ccc(C)c76)ccn5)c4c3)c2)c1C. The molecule has 0 unspecified atom stereocenters. The number of rotatable bonds is 5. The zero-order valence-corrected chi connectivity index (χ0v) is 29.0. The quantitative estimate of drug-likeness (QED) is 0.186. The molecule has 0 atom stereocenters. The molecule has 9 aromatic rings. The third kappa shape index (κ3) is 4.46. The molecular formula is C43H36N6O. The number of hydrogen-bond acceptors (Lipinski definition) is 4. The average molecular weight is 653 g/mol. The maximum atomic E-state index is 6.51. The maximum absolute atomic E-state index is 6.51. The van der Waals surface area contributed by atoms with E-state index in [1.165, 1.54) is 44.1 Å². The zero-order chi connectivity index (χ0) is 34.3. The number of pyridine rings is 1. The molecule has 4 aromatic heterocycles. The molecule has 7 heteroatoms. The minimum Gasteiger partial charge on any atom is -0.457 e. The van der Waals surface area contributed by atoms with Crippen molar-refractivity contribution in [2.75, 3.05) is 0 Å². The lowest BCUT2D eigenvalue weighted by Crippen LogP contribution is -2.02. The molecule has 0 saturated carbocycles. The molecule has 5 aromatic carbocycles. The molecule has 0 spiro atoms. The highest BCUT2D eigenvalue weighted by atomic mass is 16.5. The zero-order valence-electron chi connectivity index (χ0n) is 29.0. The number of nitrogens with zero attached hydrogens (tertiary/aromatic N) is 6. The van der Waals surface area contributed by atoms with E-state index in [4.69, 9.17) is 9.72 Å². The van der Waals surface area contributed by atoms with Gasteiger partial charge in [-0.25, -0.2) is 9.67 Å². The third-order valence-corrected chi connectivity index (χ3v) is 10.2. The Kier molecular flexibility index (Phi) is 6.68. The van der Waals surface area contributed by atoms with E-state index in [-0.39, 0.29) is 0 Å². The Morgan fingerprint density at radius 2 is 1.22 bits per heavy atom. The first-order valence-corrected chi connectivity index (χ1v) is 17.0. The number of aromatic nitrogens is 6. The Labute approximate surface area is 290 Å². The normalized spacial score (nSPS) is 11.8. The molecule has 50 heavy (non-hydrogen) atoms. The van der Waals surface area contributed by atoms with Gasteiger partial charge in [-0.05, 0) is 100 Å². The fourth-order valence-corrected chi connectivity index (χ4v) is 7.56. The van der Waals surface area contributed by atoms with E-state index in [0.29, 0.717) is 0 Å². The van der Waals surface area contributed by atoms with Crippen LogP contribution in [0.4, 0.5) is 0 Å². The van der Waals surface area contributed by atoms with Crippen molar-refractivity contribution in [1.82, 2.24) is 29.1 Å². The van der Waals surface area contributed by atoms with E-state index in [2.05, 4.69) is 120 Å². The second-order valence-corrected chi connectivity index (χ2v) is 13.4. The van der Waals surface area contributed by atoms with Crippen LogP contribution in [0.2, 0.25) is 0 Å². The summed E-state index contributed by atoms with van der Waals surface area (Å²) in [6.07, 6.45) is 1.93. The molecule has 0 bridgehead atoms. The van der Waals surface area contributed by atoms with E-state index in [1.807, 2.05) is 55.1 Å². The van der Waals surface area contributed by atoms with Crippen molar-refractivity contribution >= 4 is 43.6 Å². The Balaban J connectivity index is 1.22. The molecule has 0 amide bonds. The van der Waals surface area contributed by atoms with Gasteiger partial charge in [-0.2, -0.15) is 0 Å². The highest BCUT2D eigenvalue weighted by Crippen LogP contribution is 2.40. The number of benzene rings is 5. The van der Waals surface area contributed by atoms with E-state index in [1.54, 1.807) is 0 Å². The van der Waals surface area contributed by atoms with Crippen LogP contribution in [0.15, 0.2) is 109 Å². The highest BCUT2D eigenvalue weighted by Gasteiger charge is 2.21. The van der Waals surface area contributed by atoms with Gasteiger partial charge in [-0.3, -0.25) is 4.57 Å². The Bertz CT molecular complexity index is 2750. The van der Waals surface area contributed by atoms with Crippen LogP contribution in [0.25, 0.3) is 60.8 Å². The van der Waals surface area contributed by atoms with Gasteiger partial charge < -0.3 is 9.30 Å². The van der Waals surface area contributed by atoms with Gasteiger partial charge >= 0.3 is 0 Å². The molecule has 0 N–H and O–H groups in total. The summed E-state index contributed by atoms with van der Waals surface area (Å²) in [6.45, 7) is 12.8. The molecule has 9 rings (SSSR count). The molecular weight excluding hydrogens is 617 g/mol. The van der Waals surface area contributed by atoms with E-state index in [0.717, 1.165) is 61.9 Å². The van der Waals surface area contributed by atoms with Crippen molar-refractivity contribution in [3.8, 4) is 28.7 Å². The standard InChI is InChI=1S/C43H36N6O/c1-25-14-16-27(3)42-40(25)41-26(2)15-17-28(4)43(41)47(42)31-20-21-44-39(23-31)48-37-13-8-7-12-35(37)36-19-18-34(24-38(36)48)50-33-11-9-10-32(22-33)49-30(6)29(5)45-46-49/h7-24H,1-6H3. The Morgan fingerprint density at radius 1 is 0.540 bits per heavy atom. The minimum absolute atomic E-state index is 0.722. The summed E-state index contributed by atoms with van der Waals surface area (Å²) in [5, 5.41) is 13.5. The van der Waals surface area contributed by atoms with Gasteiger partial charge in [-0.15, -0.1) is 5.10 Å². The number of hydrogen-bond donors (Lipinski definition) is 0. The monoisotopic (exact) mass is 652 g/mol. The first-order chi connectivity index (χ1) is 24.3. The minimum atomic E-state index is 0.722. The van der Waals surface area contributed by atoms with Gasteiger partial charge in [0.15, 0.2) is 0 Å². The smallest absolute Gasteiger partial charge is 0.139 e. The fraction of sp³-hybridized carbons (Fsp3) is 0.140. The van der Waals surface area contributed by atoms with Crippen LogP contribution in [0.5, 0.6) is 11.5 Å². The van der Waals surface area contributed by atoms with E-state index < -0.39 is 0 Å². The van der Waals surface area contributed by atoms with Gasteiger partial charge in [-0.1, -0.05) is 53.7 Å². The summed E-state index contributed by atoms with van der Waals surface area (Å²) in [5.41, 5.74) is 13.5. The first kappa shape index (κ1) is 29.9. The van der Waals surface area contributed by atoms with Crippen LogP contribution in [0.3, 0.4) is 0 Å². The van der Waals surface area contributed by atoms with E-state index in [9.17, 15) is 0 Å². The lowest BCUT2D eigenvalue weighted by atomic mass is 10.0. The van der Waals surface area contributed by atoms with Gasteiger partial charge in [0.25, 0.3) is 0 Å². The predicted octanol–water partition coefficient (Wildman–Crippen LogP) is 10.5. The van der Waals surface area contributed by atoms with Gasteiger partial charge in [0.1, 0.15) is 17.3 Å². The maximum Gasteiger partial charge on any atom is 0.139 e. The number of para-hydroxylation sites is 1. The van der Waals surface area contributed by atoms with Crippen LogP contribution in [-0.4, -0.2) is 29.1 Å². The van der Waals surface area contributed by atoms with E-state index >= 15 is 0 Å². The highest BCUT2D eigenvalue weighted by molar-refractivity contribution is 6.14. The molecule has 0 aliphatic heterocycles. The van der Waals surface area contributed by atoms with Crippen LogP contribution < -0.4 is 4.74 Å². The van der Waals surface area contributed by atoms with Crippen LogP contribution in [0.1, 0.15) is 33.6 Å². The van der Waals surface area contributed by atoms with Crippen LogP contribution >= 0.6 is 0 Å². The Hall–Kier alpha value is -6.21. The molecule has 4 heterocycles. The molecule has 0 fully saturated rings. The summed E-state index contributed by atoms with van der Waals surface area (Å²) in [4.78, 5) is 4.99. The topological polar surface area (TPSA) is 62.7 Å². The Morgan fingerprint density at radius 3 is 1.94 bits per heavy atom. The third-order valence-electron chi connectivity index (χ3n) is 10.2. The van der Waals surface area contributed by atoms with Crippen molar-refractivity contribution < 1.29 is 4.74 Å². The summed E-state index contributed by atoms with van der Waals surface area (Å²) in [5.74, 6) is 2.30. The fourth-order valence-electron chi connectivity index (χ4n) is 7.56. The molecule has 0 radical (unpaired) electrons. The van der Waals surface area contributed by atoms with Crippen LogP contribution in [-0.2, 0) is 0 Å². The van der Waals surface area contributed by atoms with Crippen molar-refractivity contribution in [2.24, 2.45) is 0 Å². The van der Waals surface area contributed by atoms with Crippen molar-refractivity contribution in [1.29, 1.82) is 0 Å². The van der Waals surface area contributed by atoms with Gasteiger partial charge in [0.2, 0.25) is 0 Å². The van der Waals surface area contributed by atoms with Gasteiger partial charge in [0, 0.05) is 45.9 Å². The second kappa shape index (κ2) is 11.2. The summed E-state index contributed by atoms with van der Waals surface area (Å²) in [6, 6.07) is 36.1. The molecule has 244 valence electrons. The number of ether oxygens (including phenoxy) is 1. The first-order valence-electron chi connectivity index (χ1n) is 17.0. The lowest BCUT2D eigenvalue weighted by molar-refractivity contribution is 0.482. The van der Waals surface area contributed by atoms with Gasteiger partial charge in [0.05, 0.1) is 44.8 Å². The van der Waals surface area contributed by atoms with Crippen molar-refractivity contribution in [3.05, 3.63) is 143 Å². The number of aryl methyl sites for hydroxylation is 5. The van der Waals surface area contributed by atoms with Crippen LogP contribution in [0, 0.1) is 41.5 Å². The number of fused-ring (bicyclic) bond motifs is 6. The molecule has 0 aliphatic rings. The van der Waals surface area contributed by atoms with Crippen molar-refractivity contribution in [2.45, 2.75) is 41.5 Å². The summed E-state index contributed by atoms with van der Waals surface area (Å²) < 4.78 is 13.0.